The highest BCUT2D eigenvalue weighted by atomic mass is 16.5. The predicted octanol–water partition coefficient (Wildman–Crippen LogP) is 3.31. The first-order valence-corrected chi connectivity index (χ1v) is 9.35. The van der Waals surface area contributed by atoms with Crippen molar-refractivity contribution < 1.29 is 24.2 Å². The molecule has 2 aromatic carbocycles. The Hall–Kier alpha value is -2.86. The second-order valence-electron chi connectivity index (χ2n) is 6.85. The van der Waals surface area contributed by atoms with E-state index in [1.54, 1.807) is 41.3 Å². The quantitative estimate of drug-likeness (QED) is 0.708. The fourth-order valence-electron chi connectivity index (χ4n) is 3.58. The molecule has 1 heterocycles. The minimum Gasteiger partial charge on any atom is -0.497 e. The summed E-state index contributed by atoms with van der Waals surface area (Å²) in [5.74, 6) is 0.0194. The Morgan fingerprint density at radius 1 is 1.14 bits per heavy atom. The van der Waals surface area contributed by atoms with Gasteiger partial charge in [-0.3, -0.25) is 9.59 Å². The molecule has 1 N–H and O–H groups in total. The lowest BCUT2D eigenvalue weighted by Crippen LogP contribution is -2.42. The van der Waals surface area contributed by atoms with Gasteiger partial charge in [0.25, 0.3) is 5.91 Å². The van der Waals surface area contributed by atoms with Crippen molar-refractivity contribution >= 4 is 17.4 Å². The number of carbonyl (C=O) groups excluding carboxylic acids is 2. The topological polar surface area (TPSA) is 76.1 Å². The van der Waals surface area contributed by atoms with Crippen molar-refractivity contribution in [3.8, 4) is 11.5 Å². The lowest BCUT2D eigenvalue weighted by atomic mass is 9.88. The second kappa shape index (κ2) is 8.02. The van der Waals surface area contributed by atoms with E-state index < -0.39 is 17.3 Å². The van der Waals surface area contributed by atoms with E-state index in [-0.39, 0.29) is 12.0 Å². The van der Waals surface area contributed by atoms with Gasteiger partial charge in [-0.05, 0) is 30.7 Å². The molecular weight excluding hydrogens is 358 g/mol. The summed E-state index contributed by atoms with van der Waals surface area (Å²) in [5.41, 5.74) is -0.497. The van der Waals surface area contributed by atoms with Crippen molar-refractivity contribution in [2.24, 2.45) is 0 Å². The van der Waals surface area contributed by atoms with Crippen LogP contribution in [-0.2, 0) is 10.4 Å². The molecular formula is C22H25NO5. The number of para-hydroxylation sites is 1. The van der Waals surface area contributed by atoms with Gasteiger partial charge in [0.2, 0.25) is 0 Å². The summed E-state index contributed by atoms with van der Waals surface area (Å²) in [6.45, 7) is 2.54. The van der Waals surface area contributed by atoms with Gasteiger partial charge < -0.3 is 19.5 Å². The normalized spacial score (nSPS) is 18.1. The van der Waals surface area contributed by atoms with Crippen molar-refractivity contribution in [1.29, 1.82) is 0 Å². The summed E-state index contributed by atoms with van der Waals surface area (Å²) < 4.78 is 10.5. The number of benzene rings is 2. The maximum absolute atomic E-state index is 13.1. The smallest absolute Gasteiger partial charge is 0.264 e. The summed E-state index contributed by atoms with van der Waals surface area (Å²) in [6.07, 6.45) is 1.37. The molecule has 1 aliphatic rings. The fourth-order valence-corrected chi connectivity index (χ4v) is 3.58. The molecule has 0 saturated carbocycles. The molecule has 0 saturated heterocycles. The lowest BCUT2D eigenvalue weighted by molar-refractivity contribution is -0.135. The number of anilines is 1. The summed E-state index contributed by atoms with van der Waals surface area (Å²) in [7, 11) is 2.97. The highest BCUT2D eigenvalue weighted by Crippen LogP contribution is 2.43. The summed E-state index contributed by atoms with van der Waals surface area (Å²) >= 11 is 0. The predicted molar refractivity (Wildman–Crippen MR) is 106 cm³/mol. The van der Waals surface area contributed by atoms with Crippen LogP contribution in [0.4, 0.5) is 5.69 Å². The Kier molecular flexibility index (Phi) is 5.70. The minimum atomic E-state index is -1.89. The first kappa shape index (κ1) is 19.9. The average Bonchev–Trinajstić information content (AvgIpc) is 2.93. The molecule has 0 bridgehead atoms. The van der Waals surface area contributed by atoms with Crippen LogP contribution in [0.3, 0.4) is 0 Å². The number of amides is 1. The summed E-state index contributed by atoms with van der Waals surface area (Å²) in [4.78, 5) is 27.7. The molecule has 0 fully saturated rings. The van der Waals surface area contributed by atoms with E-state index in [0.717, 1.165) is 12.8 Å². The molecule has 0 aliphatic carbocycles. The van der Waals surface area contributed by atoms with Gasteiger partial charge in [0.1, 0.15) is 11.5 Å². The number of fused-ring (bicyclic) bond motifs is 1. The monoisotopic (exact) mass is 383 g/mol. The third-order valence-corrected chi connectivity index (χ3v) is 5.10. The van der Waals surface area contributed by atoms with Gasteiger partial charge in [-0.1, -0.05) is 31.5 Å². The van der Waals surface area contributed by atoms with Crippen molar-refractivity contribution in [1.82, 2.24) is 0 Å². The maximum atomic E-state index is 13.1. The van der Waals surface area contributed by atoms with Crippen LogP contribution in [0, 0.1) is 0 Å². The highest BCUT2D eigenvalue weighted by molar-refractivity contribution is 6.11. The van der Waals surface area contributed by atoms with E-state index >= 15 is 0 Å². The molecule has 0 unspecified atom stereocenters. The van der Waals surface area contributed by atoms with Crippen LogP contribution in [-0.4, -0.2) is 37.6 Å². The molecule has 1 amide bonds. The molecule has 0 aromatic heterocycles. The standard InChI is InChI=1S/C22H25NO5/c1-4-5-12-23-18-9-7-6-8-17(18)22(26,21(23)25)14-19(24)16-13-15(27-2)10-11-20(16)28-3/h6-11,13,26H,4-5,12,14H2,1-3H3/t22-/m1/s1. The molecule has 1 aliphatic heterocycles. The Balaban J connectivity index is 1.97. The first-order chi connectivity index (χ1) is 13.5. The van der Waals surface area contributed by atoms with E-state index in [4.69, 9.17) is 9.47 Å². The second-order valence-corrected chi connectivity index (χ2v) is 6.85. The van der Waals surface area contributed by atoms with Crippen molar-refractivity contribution in [3.05, 3.63) is 53.6 Å². The van der Waals surface area contributed by atoms with Crippen LogP contribution in [0.25, 0.3) is 0 Å². The van der Waals surface area contributed by atoms with Gasteiger partial charge in [-0.25, -0.2) is 0 Å². The largest absolute Gasteiger partial charge is 0.497 e. The lowest BCUT2D eigenvalue weighted by Gasteiger charge is -2.23. The zero-order valence-corrected chi connectivity index (χ0v) is 16.4. The number of ketones is 1. The third-order valence-electron chi connectivity index (χ3n) is 5.10. The Morgan fingerprint density at radius 2 is 1.89 bits per heavy atom. The van der Waals surface area contributed by atoms with Crippen molar-refractivity contribution in [3.63, 3.8) is 0 Å². The first-order valence-electron chi connectivity index (χ1n) is 9.35. The number of hydrogen-bond acceptors (Lipinski definition) is 5. The molecule has 0 radical (unpaired) electrons. The number of ether oxygens (including phenoxy) is 2. The van der Waals surface area contributed by atoms with Crippen LogP contribution in [0.2, 0.25) is 0 Å². The van der Waals surface area contributed by atoms with E-state index in [0.29, 0.717) is 29.3 Å². The van der Waals surface area contributed by atoms with Gasteiger partial charge in [-0.15, -0.1) is 0 Å². The number of rotatable bonds is 8. The van der Waals surface area contributed by atoms with Crippen LogP contribution in [0.15, 0.2) is 42.5 Å². The number of Topliss-reactive ketones (excluding diaryl/α,β-unsaturated/α-hetero) is 1. The molecule has 3 rings (SSSR count). The average molecular weight is 383 g/mol. The number of aliphatic hydroxyl groups is 1. The van der Waals surface area contributed by atoms with Gasteiger partial charge in [0.05, 0.1) is 31.9 Å². The number of hydrogen-bond donors (Lipinski definition) is 1. The van der Waals surface area contributed by atoms with Crippen LogP contribution in [0.5, 0.6) is 11.5 Å². The summed E-state index contributed by atoms with van der Waals surface area (Å²) in [6, 6.07) is 12.0. The molecule has 1 atom stereocenters. The highest BCUT2D eigenvalue weighted by Gasteiger charge is 2.50. The zero-order valence-electron chi connectivity index (χ0n) is 16.4. The SMILES string of the molecule is CCCCN1C(=O)[C@@](O)(CC(=O)c2cc(OC)ccc2OC)c2ccccc21. The molecule has 6 nitrogen and oxygen atoms in total. The molecule has 2 aromatic rings. The molecule has 6 heteroatoms. The number of methoxy groups -OCH3 is 2. The minimum absolute atomic E-state index is 0.271. The molecule has 28 heavy (non-hydrogen) atoms. The Morgan fingerprint density at radius 3 is 2.57 bits per heavy atom. The van der Waals surface area contributed by atoms with E-state index in [1.165, 1.54) is 14.2 Å². The Bertz CT molecular complexity index is 894. The van der Waals surface area contributed by atoms with E-state index in [9.17, 15) is 14.7 Å². The van der Waals surface area contributed by atoms with Gasteiger partial charge in [0.15, 0.2) is 11.4 Å². The van der Waals surface area contributed by atoms with Crippen LogP contribution >= 0.6 is 0 Å². The van der Waals surface area contributed by atoms with E-state index in [2.05, 4.69) is 0 Å². The fraction of sp³-hybridized carbons (Fsp3) is 0.364. The van der Waals surface area contributed by atoms with Crippen molar-refractivity contribution in [2.75, 3.05) is 25.7 Å². The van der Waals surface area contributed by atoms with E-state index in [1.807, 2.05) is 13.0 Å². The number of nitrogens with zero attached hydrogens (tertiary/aromatic N) is 1. The third kappa shape index (κ3) is 3.36. The number of carbonyl (C=O) groups is 2. The van der Waals surface area contributed by atoms with Crippen LogP contribution in [0.1, 0.15) is 42.1 Å². The number of unbranched alkanes of at least 4 members (excludes halogenated alkanes) is 1. The van der Waals surface area contributed by atoms with Gasteiger partial charge in [-0.2, -0.15) is 0 Å². The van der Waals surface area contributed by atoms with Gasteiger partial charge in [0, 0.05) is 12.1 Å². The molecule has 0 spiro atoms. The maximum Gasteiger partial charge on any atom is 0.264 e. The van der Waals surface area contributed by atoms with Gasteiger partial charge >= 0.3 is 0 Å². The zero-order chi connectivity index (χ0) is 20.3. The van der Waals surface area contributed by atoms with Crippen LogP contribution < -0.4 is 14.4 Å². The van der Waals surface area contributed by atoms with Crippen molar-refractivity contribution in [2.45, 2.75) is 31.8 Å². The Labute approximate surface area is 164 Å². The summed E-state index contributed by atoms with van der Waals surface area (Å²) in [5, 5.41) is 11.3. The molecule has 148 valence electrons.